The lowest BCUT2D eigenvalue weighted by Crippen LogP contribution is -2.00. The maximum atomic E-state index is 11.2. The van der Waals surface area contributed by atoms with Crippen LogP contribution < -0.4 is 4.74 Å². The van der Waals surface area contributed by atoms with Crippen molar-refractivity contribution in [3.05, 3.63) is 24.2 Å². The van der Waals surface area contributed by atoms with Crippen LogP contribution in [0.4, 0.5) is 0 Å². The third-order valence-electron chi connectivity index (χ3n) is 2.09. The van der Waals surface area contributed by atoms with Crippen molar-refractivity contribution in [2.24, 2.45) is 0 Å². The minimum Gasteiger partial charge on any atom is -0.467 e. The van der Waals surface area contributed by atoms with Gasteiger partial charge < -0.3 is 9.47 Å². The highest BCUT2D eigenvalue weighted by Gasteiger charge is 2.11. The predicted octanol–water partition coefficient (Wildman–Crippen LogP) is 0.662. The number of esters is 1. The van der Waals surface area contributed by atoms with Gasteiger partial charge in [-0.15, -0.1) is 0 Å². The summed E-state index contributed by atoms with van der Waals surface area (Å²) in [5.41, 5.74) is 1.52. The van der Waals surface area contributed by atoms with Crippen LogP contribution >= 0.6 is 0 Å². The SMILES string of the molecule is COC(=O)c1cc(-c2cnc(OC)nc2)n[nH]1. The fourth-order valence-electron chi connectivity index (χ4n) is 1.24. The maximum Gasteiger partial charge on any atom is 0.356 e. The summed E-state index contributed by atoms with van der Waals surface area (Å²) in [6, 6.07) is 1.84. The highest BCUT2D eigenvalue weighted by atomic mass is 16.5. The van der Waals surface area contributed by atoms with Gasteiger partial charge in [0.15, 0.2) is 0 Å². The van der Waals surface area contributed by atoms with E-state index in [1.807, 2.05) is 0 Å². The molecule has 0 fully saturated rings. The first-order valence-electron chi connectivity index (χ1n) is 4.74. The van der Waals surface area contributed by atoms with Gasteiger partial charge in [0.25, 0.3) is 0 Å². The molecule has 0 aliphatic carbocycles. The molecule has 0 amide bonds. The van der Waals surface area contributed by atoms with E-state index in [-0.39, 0.29) is 11.7 Å². The van der Waals surface area contributed by atoms with E-state index in [4.69, 9.17) is 4.74 Å². The lowest BCUT2D eigenvalue weighted by Gasteiger charge is -1.97. The molecule has 0 aliphatic rings. The summed E-state index contributed by atoms with van der Waals surface area (Å²) in [6.45, 7) is 0. The fourth-order valence-corrected chi connectivity index (χ4v) is 1.24. The molecule has 17 heavy (non-hydrogen) atoms. The number of ether oxygens (including phenoxy) is 2. The van der Waals surface area contributed by atoms with Crippen molar-refractivity contribution in [1.82, 2.24) is 20.2 Å². The normalized spacial score (nSPS) is 10.0. The molecule has 0 saturated heterocycles. The molecule has 0 aromatic carbocycles. The second kappa shape index (κ2) is 4.60. The number of aromatic amines is 1. The lowest BCUT2D eigenvalue weighted by atomic mass is 10.2. The van der Waals surface area contributed by atoms with Gasteiger partial charge in [-0.2, -0.15) is 5.10 Å². The summed E-state index contributed by atoms with van der Waals surface area (Å²) >= 11 is 0. The molecule has 2 aromatic heterocycles. The first-order chi connectivity index (χ1) is 8.24. The summed E-state index contributed by atoms with van der Waals surface area (Å²) in [7, 11) is 2.79. The van der Waals surface area contributed by atoms with Crippen LogP contribution in [0.1, 0.15) is 10.5 Å². The third kappa shape index (κ3) is 2.22. The molecule has 0 radical (unpaired) electrons. The van der Waals surface area contributed by atoms with E-state index in [9.17, 15) is 4.79 Å². The van der Waals surface area contributed by atoms with E-state index >= 15 is 0 Å². The largest absolute Gasteiger partial charge is 0.467 e. The van der Waals surface area contributed by atoms with Gasteiger partial charge in [0.05, 0.1) is 19.9 Å². The zero-order chi connectivity index (χ0) is 12.3. The number of rotatable bonds is 3. The lowest BCUT2D eigenvalue weighted by molar-refractivity contribution is 0.0594. The van der Waals surface area contributed by atoms with Gasteiger partial charge in [0, 0.05) is 18.0 Å². The number of nitrogens with one attached hydrogen (secondary N) is 1. The second-order valence-corrected chi connectivity index (χ2v) is 3.12. The quantitative estimate of drug-likeness (QED) is 0.784. The summed E-state index contributed by atoms with van der Waals surface area (Å²) in [4.78, 5) is 19.1. The van der Waals surface area contributed by atoms with Crippen LogP contribution in [0.2, 0.25) is 0 Å². The molecule has 0 bridgehead atoms. The van der Waals surface area contributed by atoms with Gasteiger partial charge in [0.2, 0.25) is 0 Å². The van der Waals surface area contributed by atoms with Crippen molar-refractivity contribution in [3.63, 3.8) is 0 Å². The van der Waals surface area contributed by atoms with Crippen LogP contribution in [-0.4, -0.2) is 40.4 Å². The first-order valence-corrected chi connectivity index (χ1v) is 4.74. The summed E-state index contributed by atoms with van der Waals surface area (Å²) in [5.74, 6) is -0.474. The van der Waals surface area contributed by atoms with E-state index < -0.39 is 5.97 Å². The Balaban J connectivity index is 2.27. The summed E-state index contributed by atoms with van der Waals surface area (Å²) in [5, 5.41) is 6.54. The molecule has 2 rings (SSSR count). The minimum atomic E-state index is -0.474. The monoisotopic (exact) mass is 234 g/mol. The Morgan fingerprint density at radius 3 is 2.59 bits per heavy atom. The van der Waals surface area contributed by atoms with Crippen LogP contribution in [0, 0.1) is 0 Å². The second-order valence-electron chi connectivity index (χ2n) is 3.12. The average molecular weight is 234 g/mol. The zero-order valence-electron chi connectivity index (χ0n) is 9.30. The highest BCUT2D eigenvalue weighted by molar-refractivity contribution is 5.88. The molecule has 0 saturated carbocycles. The Kier molecular flexibility index (Phi) is 2.99. The number of nitrogens with zero attached hydrogens (tertiary/aromatic N) is 3. The van der Waals surface area contributed by atoms with E-state index in [1.54, 1.807) is 18.5 Å². The molecule has 0 atom stereocenters. The van der Waals surface area contributed by atoms with Crippen molar-refractivity contribution in [1.29, 1.82) is 0 Å². The number of hydrogen-bond acceptors (Lipinski definition) is 6. The number of hydrogen-bond donors (Lipinski definition) is 1. The molecular formula is C10H10N4O3. The molecular weight excluding hydrogens is 224 g/mol. The van der Waals surface area contributed by atoms with Gasteiger partial charge in [-0.3, -0.25) is 5.10 Å². The first kappa shape index (κ1) is 11.1. The topological polar surface area (TPSA) is 90.0 Å². The maximum absolute atomic E-state index is 11.2. The Bertz CT molecular complexity index is 521. The van der Waals surface area contributed by atoms with Crippen molar-refractivity contribution < 1.29 is 14.3 Å². The Hall–Kier alpha value is -2.44. The van der Waals surface area contributed by atoms with Gasteiger partial charge in [-0.25, -0.2) is 14.8 Å². The molecule has 1 N–H and O–H groups in total. The number of aromatic nitrogens is 4. The zero-order valence-corrected chi connectivity index (χ0v) is 9.30. The Morgan fingerprint density at radius 1 is 1.29 bits per heavy atom. The highest BCUT2D eigenvalue weighted by Crippen LogP contribution is 2.17. The van der Waals surface area contributed by atoms with E-state index in [1.165, 1.54) is 14.2 Å². The van der Waals surface area contributed by atoms with Gasteiger partial charge >= 0.3 is 12.0 Å². The standard InChI is InChI=1S/C10H10N4O3/c1-16-9(15)8-3-7(13-14-8)6-4-11-10(17-2)12-5-6/h3-5H,1-2H3,(H,13,14). The van der Waals surface area contributed by atoms with Crippen LogP contribution in [0.3, 0.4) is 0 Å². The van der Waals surface area contributed by atoms with E-state index in [0.29, 0.717) is 11.3 Å². The Labute approximate surface area is 96.8 Å². The predicted molar refractivity (Wildman–Crippen MR) is 57.5 cm³/mol. The summed E-state index contributed by atoms with van der Waals surface area (Å²) in [6.07, 6.45) is 3.12. The molecule has 0 aliphatic heterocycles. The molecule has 2 aromatic rings. The van der Waals surface area contributed by atoms with Crippen molar-refractivity contribution >= 4 is 5.97 Å². The van der Waals surface area contributed by atoms with Gasteiger partial charge in [0.1, 0.15) is 5.69 Å². The van der Waals surface area contributed by atoms with Crippen LogP contribution in [0.5, 0.6) is 6.01 Å². The van der Waals surface area contributed by atoms with Crippen molar-refractivity contribution in [3.8, 4) is 17.3 Å². The van der Waals surface area contributed by atoms with E-state index in [2.05, 4.69) is 24.9 Å². The number of methoxy groups -OCH3 is 2. The molecule has 7 heteroatoms. The smallest absolute Gasteiger partial charge is 0.356 e. The van der Waals surface area contributed by atoms with Crippen LogP contribution in [-0.2, 0) is 4.74 Å². The summed E-state index contributed by atoms with van der Waals surface area (Å²) < 4.78 is 9.40. The molecule has 88 valence electrons. The van der Waals surface area contributed by atoms with Gasteiger partial charge in [-0.05, 0) is 6.07 Å². The average Bonchev–Trinajstić information content (AvgIpc) is 2.87. The number of carbonyl (C=O) groups excluding carboxylic acids is 1. The van der Waals surface area contributed by atoms with Crippen molar-refractivity contribution in [2.75, 3.05) is 14.2 Å². The number of carbonyl (C=O) groups is 1. The fraction of sp³-hybridized carbons (Fsp3) is 0.200. The van der Waals surface area contributed by atoms with Crippen LogP contribution in [0.15, 0.2) is 18.5 Å². The van der Waals surface area contributed by atoms with Crippen LogP contribution in [0.25, 0.3) is 11.3 Å². The van der Waals surface area contributed by atoms with E-state index in [0.717, 1.165) is 0 Å². The van der Waals surface area contributed by atoms with Crippen molar-refractivity contribution in [2.45, 2.75) is 0 Å². The molecule has 0 unspecified atom stereocenters. The third-order valence-corrected chi connectivity index (χ3v) is 2.09. The molecule has 0 spiro atoms. The Morgan fingerprint density at radius 2 is 2.00 bits per heavy atom. The molecule has 2 heterocycles. The molecule has 7 nitrogen and oxygen atoms in total. The number of H-pyrrole nitrogens is 1. The minimum absolute atomic E-state index is 0.275. The van der Waals surface area contributed by atoms with Gasteiger partial charge in [-0.1, -0.05) is 0 Å².